The van der Waals surface area contributed by atoms with E-state index in [0.717, 1.165) is 5.69 Å². The Bertz CT molecular complexity index is 577. The molecule has 0 bridgehead atoms. The Hall–Kier alpha value is -1.81. The van der Waals surface area contributed by atoms with E-state index in [0.29, 0.717) is 5.15 Å². The van der Waals surface area contributed by atoms with Crippen LogP contribution in [-0.4, -0.2) is 15.7 Å². The molecule has 100 valence electrons. The first-order valence-electron chi connectivity index (χ1n) is 6.00. The summed E-state index contributed by atoms with van der Waals surface area (Å²) in [6.45, 7) is 5.38. The molecule has 2 aromatic rings. The Morgan fingerprint density at radius 2 is 1.89 bits per heavy atom. The van der Waals surface area contributed by atoms with Crippen molar-refractivity contribution in [2.45, 2.75) is 26.4 Å². The van der Waals surface area contributed by atoms with E-state index in [4.69, 9.17) is 11.6 Å². The van der Waals surface area contributed by atoms with Crippen molar-refractivity contribution in [1.29, 1.82) is 0 Å². The van der Waals surface area contributed by atoms with Crippen LogP contribution in [0.1, 0.15) is 20.8 Å². The highest BCUT2D eigenvalue weighted by Gasteiger charge is 2.32. The summed E-state index contributed by atoms with van der Waals surface area (Å²) in [6.07, 6.45) is 1.77. The number of carbonyl (C=O) groups is 1. The van der Waals surface area contributed by atoms with Crippen LogP contribution in [0, 0.1) is 0 Å². The molecule has 5 heteroatoms. The zero-order valence-corrected chi connectivity index (χ0v) is 11.9. The third-order valence-corrected chi connectivity index (χ3v) is 3.20. The fourth-order valence-corrected chi connectivity index (χ4v) is 2.31. The molecule has 0 N–H and O–H groups in total. The Kier molecular flexibility index (Phi) is 3.62. The van der Waals surface area contributed by atoms with Crippen molar-refractivity contribution in [2.24, 2.45) is 0 Å². The van der Waals surface area contributed by atoms with E-state index in [-0.39, 0.29) is 5.91 Å². The minimum Gasteiger partial charge on any atom is -0.288 e. The van der Waals surface area contributed by atoms with Crippen LogP contribution in [-0.2, 0) is 10.5 Å². The maximum Gasteiger partial charge on any atom is 0.225 e. The highest BCUT2D eigenvalue weighted by molar-refractivity contribution is 6.29. The monoisotopic (exact) mass is 277 g/mol. The van der Waals surface area contributed by atoms with Crippen molar-refractivity contribution in [1.82, 2.24) is 9.78 Å². The molecule has 0 saturated heterocycles. The Balaban J connectivity index is 2.47. The van der Waals surface area contributed by atoms with Gasteiger partial charge in [-0.25, -0.2) is 4.68 Å². The lowest BCUT2D eigenvalue weighted by Gasteiger charge is -2.38. The summed E-state index contributed by atoms with van der Waals surface area (Å²) < 4.78 is 1.68. The van der Waals surface area contributed by atoms with Crippen LogP contribution in [0.4, 0.5) is 5.69 Å². The average molecular weight is 278 g/mol. The molecular weight excluding hydrogens is 262 g/mol. The van der Waals surface area contributed by atoms with Crippen molar-refractivity contribution in [3.63, 3.8) is 0 Å². The maximum atomic E-state index is 12.0. The molecule has 0 atom stereocenters. The molecule has 0 fully saturated rings. The number of hydrogen-bond donors (Lipinski definition) is 0. The van der Waals surface area contributed by atoms with Crippen molar-refractivity contribution in [2.75, 3.05) is 4.90 Å². The average Bonchev–Trinajstić information content (AvgIpc) is 2.77. The smallest absolute Gasteiger partial charge is 0.225 e. The van der Waals surface area contributed by atoms with Gasteiger partial charge in [-0.1, -0.05) is 29.8 Å². The Morgan fingerprint density at radius 3 is 2.37 bits per heavy atom. The van der Waals surface area contributed by atoms with Gasteiger partial charge >= 0.3 is 0 Å². The van der Waals surface area contributed by atoms with Crippen LogP contribution in [0.25, 0.3) is 0 Å². The number of halogens is 1. The first-order chi connectivity index (χ1) is 8.93. The highest BCUT2D eigenvalue weighted by atomic mass is 35.5. The van der Waals surface area contributed by atoms with Crippen molar-refractivity contribution in [3.05, 3.63) is 47.7 Å². The molecular formula is C14H16ClN3O. The van der Waals surface area contributed by atoms with E-state index in [1.54, 1.807) is 28.8 Å². The molecule has 0 unspecified atom stereocenters. The number of carbonyl (C=O) groups excluding carboxylic acids is 1. The summed E-state index contributed by atoms with van der Waals surface area (Å²) >= 11 is 5.86. The molecule has 0 aliphatic carbocycles. The lowest BCUT2D eigenvalue weighted by atomic mass is 10.1. The number of para-hydroxylation sites is 1. The Labute approximate surface area is 117 Å². The molecule has 1 aromatic carbocycles. The van der Waals surface area contributed by atoms with Crippen LogP contribution in [0.3, 0.4) is 0 Å². The predicted octanol–water partition coefficient (Wildman–Crippen LogP) is 3.28. The molecule has 0 radical (unpaired) electrons. The minimum atomic E-state index is -0.639. The summed E-state index contributed by atoms with van der Waals surface area (Å²) in [7, 11) is 0. The second-order valence-corrected chi connectivity index (χ2v) is 5.15. The van der Waals surface area contributed by atoms with E-state index < -0.39 is 5.66 Å². The molecule has 2 rings (SSSR count). The maximum absolute atomic E-state index is 12.0. The summed E-state index contributed by atoms with van der Waals surface area (Å²) in [6, 6.07) is 11.2. The van der Waals surface area contributed by atoms with Crippen LogP contribution in [0.15, 0.2) is 42.6 Å². The number of rotatable bonds is 3. The lowest BCUT2D eigenvalue weighted by molar-refractivity contribution is -0.118. The molecule has 0 spiro atoms. The zero-order chi connectivity index (χ0) is 14.0. The van der Waals surface area contributed by atoms with Gasteiger partial charge in [-0.3, -0.25) is 9.69 Å². The van der Waals surface area contributed by atoms with Gasteiger partial charge in [0.1, 0.15) is 5.66 Å². The fourth-order valence-electron chi connectivity index (χ4n) is 2.17. The summed E-state index contributed by atoms with van der Waals surface area (Å²) in [5.74, 6) is -0.0529. The van der Waals surface area contributed by atoms with Gasteiger partial charge < -0.3 is 0 Å². The third-order valence-electron chi connectivity index (χ3n) is 2.99. The first-order valence-corrected chi connectivity index (χ1v) is 6.38. The predicted molar refractivity (Wildman–Crippen MR) is 76.2 cm³/mol. The standard InChI is InChI=1S/C14H16ClN3O/c1-11(19)18(12-7-5-4-6-8-12)14(2,3)17-10-9-13(15)16-17/h4-10H,1-3H3. The van der Waals surface area contributed by atoms with Crippen LogP contribution in [0.2, 0.25) is 5.15 Å². The molecule has 1 heterocycles. The highest BCUT2D eigenvalue weighted by Crippen LogP contribution is 2.28. The van der Waals surface area contributed by atoms with Gasteiger partial charge in [0.25, 0.3) is 0 Å². The molecule has 0 aliphatic rings. The van der Waals surface area contributed by atoms with E-state index in [1.807, 2.05) is 44.2 Å². The van der Waals surface area contributed by atoms with Crippen molar-refractivity contribution < 1.29 is 4.79 Å². The van der Waals surface area contributed by atoms with Gasteiger partial charge in [0, 0.05) is 18.8 Å². The number of benzene rings is 1. The number of aromatic nitrogens is 2. The molecule has 19 heavy (non-hydrogen) atoms. The SMILES string of the molecule is CC(=O)N(c1ccccc1)C(C)(C)n1ccc(Cl)n1. The Morgan fingerprint density at radius 1 is 1.26 bits per heavy atom. The van der Waals surface area contributed by atoms with Crippen molar-refractivity contribution in [3.8, 4) is 0 Å². The number of nitrogens with zero attached hydrogens (tertiary/aromatic N) is 3. The topological polar surface area (TPSA) is 38.1 Å². The van der Waals surface area contributed by atoms with Gasteiger partial charge in [-0.05, 0) is 32.0 Å². The lowest BCUT2D eigenvalue weighted by Crippen LogP contribution is -2.49. The summed E-state index contributed by atoms with van der Waals surface area (Å²) in [5.41, 5.74) is 0.187. The van der Waals surface area contributed by atoms with Crippen LogP contribution in [0.5, 0.6) is 0 Å². The molecule has 1 aromatic heterocycles. The first kappa shape index (κ1) is 13.6. The van der Waals surface area contributed by atoms with Gasteiger partial charge in [-0.15, -0.1) is 0 Å². The fraction of sp³-hybridized carbons (Fsp3) is 0.286. The van der Waals surface area contributed by atoms with Crippen molar-refractivity contribution >= 4 is 23.2 Å². The molecule has 4 nitrogen and oxygen atoms in total. The zero-order valence-electron chi connectivity index (χ0n) is 11.2. The second kappa shape index (κ2) is 5.05. The molecule has 0 aliphatic heterocycles. The largest absolute Gasteiger partial charge is 0.288 e. The normalized spacial score (nSPS) is 11.4. The minimum absolute atomic E-state index is 0.0529. The van der Waals surface area contributed by atoms with Gasteiger partial charge in [0.15, 0.2) is 5.15 Å². The van der Waals surface area contributed by atoms with Gasteiger partial charge in [0.05, 0.1) is 0 Å². The third kappa shape index (κ3) is 2.63. The van der Waals surface area contributed by atoms with Crippen LogP contribution < -0.4 is 4.90 Å². The summed E-state index contributed by atoms with van der Waals surface area (Å²) in [5, 5.41) is 4.61. The molecule has 1 amide bonds. The van der Waals surface area contributed by atoms with Crippen LogP contribution >= 0.6 is 11.6 Å². The van der Waals surface area contributed by atoms with Gasteiger partial charge in [0.2, 0.25) is 5.91 Å². The van der Waals surface area contributed by atoms with E-state index in [1.165, 1.54) is 0 Å². The van der Waals surface area contributed by atoms with E-state index in [2.05, 4.69) is 5.10 Å². The number of hydrogen-bond acceptors (Lipinski definition) is 2. The van der Waals surface area contributed by atoms with E-state index >= 15 is 0 Å². The quantitative estimate of drug-likeness (QED) is 0.863. The number of amides is 1. The summed E-state index contributed by atoms with van der Waals surface area (Å²) in [4.78, 5) is 13.7. The van der Waals surface area contributed by atoms with E-state index in [9.17, 15) is 4.79 Å². The second-order valence-electron chi connectivity index (χ2n) is 4.77. The molecule has 0 saturated carbocycles. The van der Waals surface area contributed by atoms with Gasteiger partial charge in [-0.2, -0.15) is 5.10 Å². The number of anilines is 1.